The number of phenolic OH excluding ortho intramolecular Hbond substituents is 1. The molecule has 0 saturated heterocycles. The average molecular weight is 772 g/mol. The molecule has 57 heavy (non-hydrogen) atoms. The second kappa shape index (κ2) is 19.7. The van der Waals surface area contributed by atoms with Gasteiger partial charge in [-0.25, -0.2) is 14.4 Å². The number of phenols is 1. The molecule has 1 unspecified atom stereocenters. The minimum atomic E-state index is -0.972. The third-order valence-corrected chi connectivity index (χ3v) is 8.02. The predicted octanol–water partition coefficient (Wildman–Crippen LogP) is 7.70. The molecular formula is C42H41N7O8. The van der Waals surface area contributed by atoms with Gasteiger partial charge in [-0.3, -0.25) is 4.79 Å². The monoisotopic (exact) mass is 771 g/mol. The van der Waals surface area contributed by atoms with Crippen LogP contribution >= 0.6 is 0 Å². The largest absolute Gasteiger partial charge is 0.505 e. The molecule has 0 aliphatic heterocycles. The van der Waals surface area contributed by atoms with Crippen LogP contribution in [0.15, 0.2) is 138 Å². The van der Waals surface area contributed by atoms with Gasteiger partial charge in [0.1, 0.15) is 25.0 Å². The zero-order chi connectivity index (χ0) is 40.7. The molecule has 0 saturated carbocycles. The first kappa shape index (κ1) is 40.7. The van der Waals surface area contributed by atoms with Crippen molar-refractivity contribution in [1.29, 1.82) is 0 Å². The molecular weight excluding hydrogens is 731 g/mol. The number of hydrogen-bond donors (Lipinski definition) is 7. The van der Waals surface area contributed by atoms with Crippen LogP contribution in [0.2, 0.25) is 0 Å². The summed E-state index contributed by atoms with van der Waals surface area (Å²) < 4.78 is 9.80. The maximum Gasteiger partial charge on any atom is 0.333 e. The van der Waals surface area contributed by atoms with E-state index in [9.17, 15) is 29.4 Å². The topological polar surface area (TPSA) is 212 Å². The summed E-state index contributed by atoms with van der Waals surface area (Å²) >= 11 is 0. The molecule has 0 bridgehead atoms. The van der Waals surface area contributed by atoms with Crippen LogP contribution in [0.1, 0.15) is 17.3 Å². The second-order valence-corrected chi connectivity index (χ2v) is 12.5. The van der Waals surface area contributed by atoms with Crippen molar-refractivity contribution in [1.82, 2.24) is 5.32 Å². The van der Waals surface area contributed by atoms with Gasteiger partial charge in [-0.15, -0.1) is 5.11 Å². The van der Waals surface area contributed by atoms with Gasteiger partial charge in [0, 0.05) is 52.0 Å². The summed E-state index contributed by atoms with van der Waals surface area (Å²) in [5.74, 6) is -2.08. The van der Waals surface area contributed by atoms with E-state index in [-0.39, 0.29) is 48.9 Å². The highest BCUT2D eigenvalue weighted by molar-refractivity contribution is 6.11. The maximum absolute atomic E-state index is 13.5. The molecule has 0 aliphatic carbocycles. The number of benzene rings is 5. The van der Waals surface area contributed by atoms with E-state index in [1.807, 2.05) is 6.07 Å². The van der Waals surface area contributed by atoms with Crippen molar-refractivity contribution in [3.8, 4) is 5.75 Å². The molecule has 15 heteroatoms. The Hall–Kier alpha value is -7.52. The number of fused-ring (bicyclic) bond motifs is 1. The minimum absolute atomic E-state index is 0.0107. The van der Waals surface area contributed by atoms with Crippen LogP contribution in [-0.4, -0.2) is 66.5 Å². The number of aromatic hydroxyl groups is 1. The van der Waals surface area contributed by atoms with Crippen molar-refractivity contribution in [2.24, 2.45) is 10.2 Å². The van der Waals surface area contributed by atoms with Crippen molar-refractivity contribution in [2.45, 2.75) is 13.0 Å². The van der Waals surface area contributed by atoms with Crippen molar-refractivity contribution in [3.05, 3.63) is 133 Å². The highest BCUT2D eigenvalue weighted by Crippen LogP contribution is 2.40. The van der Waals surface area contributed by atoms with Crippen molar-refractivity contribution < 1.29 is 38.9 Å². The van der Waals surface area contributed by atoms with Gasteiger partial charge >= 0.3 is 18.0 Å². The number of rotatable bonds is 17. The van der Waals surface area contributed by atoms with Crippen LogP contribution in [0.5, 0.6) is 5.75 Å². The molecule has 0 spiro atoms. The van der Waals surface area contributed by atoms with Crippen LogP contribution in [0.25, 0.3) is 10.8 Å². The summed E-state index contributed by atoms with van der Waals surface area (Å²) in [6.07, 6.45) is 0.0398. The smallest absolute Gasteiger partial charge is 0.333 e. The number of ether oxygens (including phenoxy) is 2. The molecule has 5 aromatic carbocycles. The van der Waals surface area contributed by atoms with E-state index >= 15 is 0 Å². The van der Waals surface area contributed by atoms with Crippen LogP contribution in [0.4, 0.5) is 44.6 Å². The number of carbonyl (C=O) groups is 4. The molecule has 3 amide bonds. The molecule has 292 valence electrons. The normalized spacial score (nSPS) is 11.3. The molecule has 5 rings (SSSR count). The van der Waals surface area contributed by atoms with Gasteiger partial charge in [0.2, 0.25) is 0 Å². The van der Waals surface area contributed by atoms with Gasteiger partial charge in [0.05, 0.1) is 17.8 Å². The van der Waals surface area contributed by atoms with Gasteiger partial charge in [0.15, 0.2) is 5.75 Å². The van der Waals surface area contributed by atoms with Gasteiger partial charge in [-0.05, 0) is 85.1 Å². The molecule has 0 aliphatic rings. The van der Waals surface area contributed by atoms with Gasteiger partial charge in [-0.1, -0.05) is 43.5 Å². The number of urea groups is 1. The number of aliphatic hydroxyl groups excluding tert-OH is 1. The maximum atomic E-state index is 13.5. The first-order valence-electron chi connectivity index (χ1n) is 17.6. The number of azo groups is 1. The molecule has 5 aromatic rings. The predicted molar refractivity (Wildman–Crippen MR) is 219 cm³/mol. The van der Waals surface area contributed by atoms with Crippen LogP contribution in [-0.2, 0) is 19.1 Å². The number of hydrogen-bond acceptors (Lipinski definition) is 12. The van der Waals surface area contributed by atoms with Crippen LogP contribution in [0.3, 0.4) is 0 Å². The van der Waals surface area contributed by atoms with E-state index in [2.05, 4.69) is 50.0 Å². The first-order valence-corrected chi connectivity index (χ1v) is 17.6. The summed E-state index contributed by atoms with van der Waals surface area (Å²) in [5, 5.41) is 45.8. The van der Waals surface area contributed by atoms with E-state index in [0.29, 0.717) is 33.5 Å². The highest BCUT2D eigenvalue weighted by Gasteiger charge is 2.19. The lowest BCUT2D eigenvalue weighted by atomic mass is 10.0. The van der Waals surface area contributed by atoms with Crippen LogP contribution in [0, 0.1) is 0 Å². The Morgan fingerprint density at radius 1 is 0.807 bits per heavy atom. The zero-order valence-electron chi connectivity index (χ0n) is 31.0. The fourth-order valence-corrected chi connectivity index (χ4v) is 5.16. The lowest BCUT2D eigenvalue weighted by molar-refractivity contribution is -0.140. The fourth-order valence-electron chi connectivity index (χ4n) is 5.16. The van der Waals surface area contributed by atoms with Crippen molar-refractivity contribution in [3.63, 3.8) is 0 Å². The summed E-state index contributed by atoms with van der Waals surface area (Å²) in [7, 11) is 0. The molecule has 0 radical (unpaired) electrons. The second-order valence-electron chi connectivity index (χ2n) is 12.5. The molecule has 0 aromatic heterocycles. The SMILES string of the molecule is C=CC(=O)OCC(O)CNc1cccc(NC(=O)c2cc3ccccc3c(N=Nc3ccc(Nc4ccc(NC(=O)NCCOC(=O)C(=C)C)cc4)cc3)c2O)c1. The fraction of sp³-hybridized carbons (Fsp3) is 0.143. The number of nitrogens with zero attached hydrogens (tertiary/aromatic N) is 2. The van der Waals surface area contributed by atoms with Crippen molar-refractivity contribution >= 4 is 74.5 Å². The van der Waals surface area contributed by atoms with Crippen molar-refractivity contribution in [2.75, 3.05) is 47.6 Å². The number of carbonyl (C=O) groups excluding carboxylic acids is 4. The number of nitrogens with one attached hydrogen (secondary N) is 5. The number of anilines is 5. The Morgan fingerprint density at radius 2 is 1.49 bits per heavy atom. The van der Waals surface area contributed by atoms with E-state index in [1.54, 1.807) is 104 Å². The number of esters is 2. The van der Waals surface area contributed by atoms with Gasteiger partial charge < -0.3 is 46.3 Å². The molecule has 7 N–H and O–H groups in total. The lowest BCUT2D eigenvalue weighted by Crippen LogP contribution is -2.32. The Labute approximate surface area is 328 Å². The molecule has 0 fully saturated rings. The summed E-state index contributed by atoms with van der Waals surface area (Å²) in [4.78, 5) is 48.3. The third-order valence-electron chi connectivity index (χ3n) is 8.02. The molecule has 1 atom stereocenters. The van der Waals surface area contributed by atoms with Gasteiger partial charge in [0.25, 0.3) is 5.91 Å². The standard InChI is InChI=1S/C42H41N7O8/c1-4-37(51)57-25-34(50)24-44-32-9-7-10-33(23-32)46-40(53)36-22-27-8-5-6-11-35(27)38(39(36)52)49-48-31-18-16-29(17-19-31)45-28-12-14-30(15-13-28)47-42(55)43-20-21-56-41(54)26(2)3/h4-19,22-23,34,44-45,50,52H,1-2,20-21,24-25H2,3H3,(H,46,53)(H2,43,47,55). The quantitative estimate of drug-likeness (QED) is 0.0212. The number of amides is 3. The van der Waals surface area contributed by atoms with E-state index in [4.69, 9.17) is 9.47 Å². The lowest BCUT2D eigenvalue weighted by Gasteiger charge is -2.14. The van der Waals surface area contributed by atoms with E-state index in [1.165, 1.54) is 0 Å². The minimum Gasteiger partial charge on any atom is -0.505 e. The Kier molecular flexibility index (Phi) is 14.1. The Balaban J connectivity index is 1.20. The zero-order valence-corrected chi connectivity index (χ0v) is 31.0. The van der Waals surface area contributed by atoms with Gasteiger partial charge in [-0.2, -0.15) is 5.11 Å². The third kappa shape index (κ3) is 12.0. The first-order chi connectivity index (χ1) is 27.5. The summed E-state index contributed by atoms with van der Waals surface area (Å²) in [5.41, 5.74) is 3.98. The van der Waals surface area contributed by atoms with E-state index in [0.717, 1.165) is 17.5 Å². The van der Waals surface area contributed by atoms with Crippen LogP contribution < -0.4 is 26.6 Å². The Morgan fingerprint density at radius 3 is 2.21 bits per heavy atom. The highest BCUT2D eigenvalue weighted by atomic mass is 16.5. The molecule has 15 nitrogen and oxygen atoms in total. The summed E-state index contributed by atoms with van der Waals surface area (Å²) in [6, 6.07) is 29.2. The summed E-state index contributed by atoms with van der Waals surface area (Å²) in [6.45, 7) is 8.40. The molecule has 0 heterocycles. The Bertz CT molecular complexity index is 2290. The number of aliphatic hydroxyl groups is 1. The average Bonchev–Trinajstić information content (AvgIpc) is 3.21. The van der Waals surface area contributed by atoms with E-state index < -0.39 is 30.0 Å².